The van der Waals surface area contributed by atoms with Gasteiger partial charge in [0.1, 0.15) is 5.75 Å². The second-order valence-corrected chi connectivity index (χ2v) is 3.23. The number of anilines is 2. The summed E-state index contributed by atoms with van der Waals surface area (Å²) < 4.78 is 5.17. The van der Waals surface area contributed by atoms with Crippen LogP contribution in [0.4, 0.5) is 11.4 Å². The minimum Gasteiger partial charge on any atom is -0.497 e. The number of methoxy groups -OCH3 is 1. The predicted octanol–water partition coefficient (Wildman–Crippen LogP) is 1.56. The molecule has 2 rings (SSSR count). The molecule has 1 aromatic carbocycles. The van der Waals surface area contributed by atoms with Gasteiger partial charge in [0.2, 0.25) is 0 Å². The summed E-state index contributed by atoms with van der Waals surface area (Å²) in [6.07, 6.45) is 0. The quantitative estimate of drug-likeness (QED) is 0.706. The number of likely N-dealkylation sites (N-methyl/N-ethyl adjacent to an activating group) is 1. The second-order valence-electron chi connectivity index (χ2n) is 3.23. The van der Waals surface area contributed by atoms with E-state index in [0.29, 0.717) is 0 Å². The zero-order valence-corrected chi connectivity index (χ0v) is 8.00. The van der Waals surface area contributed by atoms with Gasteiger partial charge in [-0.1, -0.05) is 0 Å². The van der Waals surface area contributed by atoms with E-state index in [1.165, 1.54) is 11.4 Å². The van der Waals surface area contributed by atoms with Crippen LogP contribution in [-0.4, -0.2) is 27.2 Å². The summed E-state index contributed by atoms with van der Waals surface area (Å²) in [7, 11) is 3.79. The normalized spacial score (nSPS) is 14.8. The molecule has 0 fully saturated rings. The fourth-order valence-corrected chi connectivity index (χ4v) is 1.58. The Kier molecular flexibility index (Phi) is 2.00. The van der Waals surface area contributed by atoms with Crippen molar-refractivity contribution in [2.45, 2.75) is 0 Å². The smallest absolute Gasteiger partial charge is 0.121 e. The van der Waals surface area contributed by atoms with Crippen LogP contribution in [0.5, 0.6) is 5.75 Å². The summed E-state index contributed by atoms with van der Waals surface area (Å²) in [5.41, 5.74) is 2.40. The molecule has 0 aromatic heterocycles. The largest absolute Gasteiger partial charge is 0.497 e. The minimum absolute atomic E-state index is 0.911. The van der Waals surface area contributed by atoms with Crippen molar-refractivity contribution in [1.29, 1.82) is 0 Å². The van der Waals surface area contributed by atoms with Crippen molar-refractivity contribution in [2.75, 3.05) is 37.5 Å². The maximum absolute atomic E-state index is 5.17. The van der Waals surface area contributed by atoms with E-state index in [0.717, 1.165) is 18.8 Å². The maximum Gasteiger partial charge on any atom is 0.121 e. The van der Waals surface area contributed by atoms with Crippen molar-refractivity contribution in [2.24, 2.45) is 0 Å². The Morgan fingerprint density at radius 1 is 1.46 bits per heavy atom. The van der Waals surface area contributed by atoms with Gasteiger partial charge in [0, 0.05) is 26.2 Å². The molecule has 0 saturated heterocycles. The summed E-state index contributed by atoms with van der Waals surface area (Å²) in [5, 5.41) is 3.35. The highest BCUT2D eigenvalue weighted by molar-refractivity contribution is 5.73. The van der Waals surface area contributed by atoms with Crippen molar-refractivity contribution in [3.8, 4) is 5.75 Å². The summed E-state index contributed by atoms with van der Waals surface area (Å²) in [5.74, 6) is 0.911. The van der Waals surface area contributed by atoms with Crippen molar-refractivity contribution in [1.82, 2.24) is 0 Å². The molecule has 3 nitrogen and oxygen atoms in total. The highest BCUT2D eigenvalue weighted by atomic mass is 16.5. The zero-order chi connectivity index (χ0) is 9.26. The Labute approximate surface area is 78.3 Å². The van der Waals surface area contributed by atoms with E-state index >= 15 is 0 Å². The molecule has 3 heteroatoms. The molecule has 0 bridgehead atoms. The van der Waals surface area contributed by atoms with Crippen LogP contribution in [0.15, 0.2) is 18.2 Å². The molecule has 1 heterocycles. The molecule has 1 N–H and O–H groups in total. The van der Waals surface area contributed by atoms with Gasteiger partial charge in [-0.05, 0) is 12.1 Å². The van der Waals surface area contributed by atoms with Gasteiger partial charge in [0.15, 0.2) is 0 Å². The van der Waals surface area contributed by atoms with Crippen molar-refractivity contribution >= 4 is 11.4 Å². The predicted molar refractivity (Wildman–Crippen MR) is 54.8 cm³/mol. The lowest BCUT2D eigenvalue weighted by molar-refractivity contribution is 0.415. The molecule has 0 unspecified atom stereocenters. The van der Waals surface area contributed by atoms with E-state index in [9.17, 15) is 0 Å². The highest BCUT2D eigenvalue weighted by Gasteiger charge is 2.12. The van der Waals surface area contributed by atoms with E-state index in [1.54, 1.807) is 7.11 Å². The Bertz CT molecular complexity index is 312. The van der Waals surface area contributed by atoms with Gasteiger partial charge in [-0.2, -0.15) is 0 Å². The van der Waals surface area contributed by atoms with Gasteiger partial charge in [0.25, 0.3) is 0 Å². The van der Waals surface area contributed by atoms with Crippen LogP contribution < -0.4 is 15.0 Å². The van der Waals surface area contributed by atoms with Crippen LogP contribution in [0, 0.1) is 0 Å². The lowest BCUT2D eigenvalue weighted by Gasteiger charge is -2.28. The lowest BCUT2D eigenvalue weighted by atomic mass is 10.2. The van der Waals surface area contributed by atoms with Gasteiger partial charge in [-0.15, -0.1) is 0 Å². The Morgan fingerprint density at radius 2 is 2.31 bits per heavy atom. The summed E-state index contributed by atoms with van der Waals surface area (Å²) in [6.45, 7) is 2.05. The molecule has 0 spiro atoms. The van der Waals surface area contributed by atoms with Gasteiger partial charge >= 0.3 is 0 Å². The molecular formula is C10H14N2O. The van der Waals surface area contributed by atoms with E-state index in [4.69, 9.17) is 4.74 Å². The Morgan fingerprint density at radius 3 is 3.08 bits per heavy atom. The number of nitrogens with one attached hydrogen (secondary N) is 1. The third kappa shape index (κ3) is 1.41. The monoisotopic (exact) mass is 178 g/mol. The van der Waals surface area contributed by atoms with Gasteiger partial charge in [0.05, 0.1) is 18.5 Å². The lowest BCUT2D eigenvalue weighted by Crippen LogP contribution is -2.30. The zero-order valence-electron chi connectivity index (χ0n) is 8.00. The molecule has 13 heavy (non-hydrogen) atoms. The fraction of sp³-hybridized carbons (Fsp3) is 0.400. The summed E-state index contributed by atoms with van der Waals surface area (Å²) in [6, 6.07) is 6.09. The molecular weight excluding hydrogens is 164 g/mol. The van der Waals surface area contributed by atoms with E-state index in [1.807, 2.05) is 6.07 Å². The number of rotatable bonds is 1. The number of nitrogens with zero attached hydrogens (tertiary/aromatic N) is 1. The molecule has 1 aliphatic heterocycles. The van der Waals surface area contributed by atoms with Crippen LogP contribution in [0.3, 0.4) is 0 Å². The Hall–Kier alpha value is -1.38. The number of hydrogen-bond donors (Lipinski definition) is 1. The standard InChI is InChI=1S/C10H14N2O/c1-12-6-5-11-9-4-3-8(13-2)7-10(9)12/h3-4,7,11H,5-6H2,1-2H3. The number of benzene rings is 1. The first kappa shape index (κ1) is 8.23. The first-order valence-corrected chi connectivity index (χ1v) is 4.44. The molecule has 0 amide bonds. The second kappa shape index (κ2) is 3.17. The highest BCUT2D eigenvalue weighted by Crippen LogP contribution is 2.31. The van der Waals surface area contributed by atoms with Crippen LogP contribution >= 0.6 is 0 Å². The minimum atomic E-state index is 0.911. The summed E-state index contributed by atoms with van der Waals surface area (Å²) in [4.78, 5) is 2.23. The van der Waals surface area contributed by atoms with E-state index < -0.39 is 0 Å². The molecule has 0 radical (unpaired) electrons. The molecule has 70 valence electrons. The number of fused-ring (bicyclic) bond motifs is 1. The fourth-order valence-electron chi connectivity index (χ4n) is 1.58. The number of hydrogen-bond acceptors (Lipinski definition) is 3. The maximum atomic E-state index is 5.17. The van der Waals surface area contributed by atoms with E-state index in [-0.39, 0.29) is 0 Å². The van der Waals surface area contributed by atoms with Crippen molar-refractivity contribution < 1.29 is 4.74 Å². The molecule has 1 aliphatic rings. The van der Waals surface area contributed by atoms with Gasteiger partial charge in [-0.3, -0.25) is 0 Å². The third-order valence-electron chi connectivity index (χ3n) is 2.38. The van der Waals surface area contributed by atoms with E-state index in [2.05, 4.69) is 29.4 Å². The molecule has 0 atom stereocenters. The van der Waals surface area contributed by atoms with Crippen LogP contribution in [0.25, 0.3) is 0 Å². The first-order chi connectivity index (χ1) is 6.31. The average molecular weight is 178 g/mol. The molecule has 1 aromatic rings. The van der Waals surface area contributed by atoms with Gasteiger partial charge in [-0.25, -0.2) is 0 Å². The third-order valence-corrected chi connectivity index (χ3v) is 2.38. The van der Waals surface area contributed by atoms with Crippen molar-refractivity contribution in [3.63, 3.8) is 0 Å². The van der Waals surface area contributed by atoms with Crippen LogP contribution in [0.1, 0.15) is 0 Å². The van der Waals surface area contributed by atoms with Crippen LogP contribution in [-0.2, 0) is 0 Å². The molecule has 0 saturated carbocycles. The first-order valence-electron chi connectivity index (χ1n) is 4.44. The van der Waals surface area contributed by atoms with Crippen LogP contribution in [0.2, 0.25) is 0 Å². The molecule has 0 aliphatic carbocycles. The average Bonchev–Trinajstić information content (AvgIpc) is 2.18. The SMILES string of the molecule is COc1ccc2c(c1)N(C)CCN2. The number of ether oxygens (including phenoxy) is 1. The Balaban J connectivity index is 2.41. The van der Waals surface area contributed by atoms with Gasteiger partial charge < -0.3 is 15.0 Å². The van der Waals surface area contributed by atoms with Crippen molar-refractivity contribution in [3.05, 3.63) is 18.2 Å². The summed E-state index contributed by atoms with van der Waals surface area (Å²) >= 11 is 0. The topological polar surface area (TPSA) is 24.5 Å².